The van der Waals surface area contributed by atoms with Crippen LogP contribution >= 0.6 is 0 Å². The molecule has 0 aliphatic carbocycles. The molecule has 0 bridgehead atoms. The Morgan fingerprint density at radius 1 is 1.40 bits per heavy atom. The number of carbonyl (C=O) groups is 1. The van der Waals surface area contributed by atoms with E-state index < -0.39 is 4.92 Å². The Labute approximate surface area is 118 Å². The molecule has 0 saturated carbocycles. The van der Waals surface area contributed by atoms with Crippen molar-refractivity contribution >= 4 is 17.7 Å². The molecule has 20 heavy (non-hydrogen) atoms. The molecule has 0 spiro atoms. The van der Waals surface area contributed by atoms with Crippen LogP contribution in [-0.4, -0.2) is 24.3 Å². The van der Waals surface area contributed by atoms with Crippen molar-refractivity contribution < 1.29 is 9.72 Å². The Kier molecular flexibility index (Phi) is 3.79. The van der Waals surface area contributed by atoms with Crippen LogP contribution in [0.25, 0.3) is 0 Å². The second kappa shape index (κ2) is 5.23. The third kappa shape index (κ3) is 2.81. The molecule has 1 aliphatic rings. The molecule has 5 nitrogen and oxygen atoms in total. The van der Waals surface area contributed by atoms with E-state index in [1.54, 1.807) is 12.1 Å². The van der Waals surface area contributed by atoms with Crippen molar-refractivity contribution in [1.29, 1.82) is 0 Å². The number of benzene rings is 1. The van der Waals surface area contributed by atoms with Crippen molar-refractivity contribution in [3.8, 4) is 0 Å². The zero-order valence-corrected chi connectivity index (χ0v) is 12.1. The van der Waals surface area contributed by atoms with Gasteiger partial charge in [0, 0.05) is 24.7 Å². The SMILES string of the molecule is CC(C)(C)C1CCN(c2ccc(C=O)cc2[N+](=O)[O-])C1. The number of nitro groups is 1. The van der Waals surface area contributed by atoms with Crippen molar-refractivity contribution in [3.63, 3.8) is 0 Å². The van der Waals surface area contributed by atoms with Gasteiger partial charge in [-0.05, 0) is 29.9 Å². The van der Waals surface area contributed by atoms with Crippen LogP contribution in [0.15, 0.2) is 18.2 Å². The van der Waals surface area contributed by atoms with E-state index >= 15 is 0 Å². The second-order valence-corrected chi connectivity index (χ2v) is 6.42. The summed E-state index contributed by atoms with van der Waals surface area (Å²) in [6.07, 6.45) is 1.68. The van der Waals surface area contributed by atoms with Crippen LogP contribution in [0.3, 0.4) is 0 Å². The maximum Gasteiger partial charge on any atom is 0.293 e. The van der Waals surface area contributed by atoms with Crippen LogP contribution in [0, 0.1) is 21.4 Å². The Morgan fingerprint density at radius 2 is 2.10 bits per heavy atom. The summed E-state index contributed by atoms with van der Waals surface area (Å²) in [7, 11) is 0. The zero-order chi connectivity index (χ0) is 14.9. The Balaban J connectivity index is 2.30. The van der Waals surface area contributed by atoms with E-state index in [-0.39, 0.29) is 11.1 Å². The van der Waals surface area contributed by atoms with E-state index in [0.29, 0.717) is 23.5 Å². The molecule has 1 aromatic carbocycles. The van der Waals surface area contributed by atoms with Crippen molar-refractivity contribution in [2.45, 2.75) is 27.2 Å². The first-order valence-electron chi connectivity index (χ1n) is 6.81. The third-order valence-corrected chi connectivity index (χ3v) is 4.09. The highest BCUT2D eigenvalue weighted by Gasteiger charge is 2.34. The number of hydrogen-bond acceptors (Lipinski definition) is 4. The van der Waals surface area contributed by atoms with Gasteiger partial charge in [-0.25, -0.2) is 0 Å². The molecule has 1 atom stereocenters. The highest BCUT2D eigenvalue weighted by Crippen LogP contribution is 2.38. The number of aldehydes is 1. The Morgan fingerprint density at radius 3 is 2.60 bits per heavy atom. The molecule has 5 heteroatoms. The van der Waals surface area contributed by atoms with Crippen molar-refractivity contribution in [3.05, 3.63) is 33.9 Å². The molecule has 1 heterocycles. The maximum atomic E-state index is 11.2. The molecule has 0 radical (unpaired) electrons. The number of carbonyl (C=O) groups excluding carboxylic acids is 1. The summed E-state index contributed by atoms with van der Waals surface area (Å²) in [6.45, 7) is 8.25. The van der Waals surface area contributed by atoms with Gasteiger partial charge in [-0.1, -0.05) is 20.8 Å². The molecule has 108 valence electrons. The second-order valence-electron chi connectivity index (χ2n) is 6.42. The first-order valence-corrected chi connectivity index (χ1v) is 6.81. The van der Waals surface area contributed by atoms with Crippen LogP contribution in [-0.2, 0) is 0 Å². The fourth-order valence-corrected chi connectivity index (χ4v) is 2.71. The van der Waals surface area contributed by atoms with E-state index in [1.807, 2.05) is 0 Å². The number of nitro benzene ring substituents is 1. The molecule has 1 unspecified atom stereocenters. The lowest BCUT2D eigenvalue weighted by Crippen LogP contribution is -2.26. The van der Waals surface area contributed by atoms with Gasteiger partial charge in [0.1, 0.15) is 12.0 Å². The minimum absolute atomic E-state index is 0.0177. The highest BCUT2D eigenvalue weighted by molar-refractivity contribution is 5.79. The standard InChI is InChI=1S/C15H20N2O3/c1-15(2,3)12-6-7-16(9-12)13-5-4-11(10-18)8-14(13)17(19)20/h4-5,8,10,12H,6-7,9H2,1-3H3. The van der Waals surface area contributed by atoms with Gasteiger partial charge in [0.25, 0.3) is 5.69 Å². The van der Waals surface area contributed by atoms with Crippen LogP contribution in [0.1, 0.15) is 37.6 Å². The molecular weight excluding hydrogens is 256 g/mol. The first kappa shape index (κ1) is 14.5. The fourth-order valence-electron chi connectivity index (χ4n) is 2.71. The zero-order valence-electron chi connectivity index (χ0n) is 12.1. The number of hydrogen-bond donors (Lipinski definition) is 0. The average molecular weight is 276 g/mol. The van der Waals surface area contributed by atoms with Gasteiger partial charge < -0.3 is 4.90 Å². The third-order valence-electron chi connectivity index (χ3n) is 4.09. The minimum atomic E-state index is -0.410. The molecule has 0 N–H and O–H groups in total. The summed E-state index contributed by atoms with van der Waals surface area (Å²) >= 11 is 0. The lowest BCUT2D eigenvalue weighted by atomic mass is 9.80. The predicted octanol–water partition coefficient (Wildman–Crippen LogP) is 3.28. The van der Waals surface area contributed by atoms with Crippen molar-refractivity contribution in [2.75, 3.05) is 18.0 Å². The molecule has 1 saturated heterocycles. The Bertz CT molecular complexity index is 534. The maximum absolute atomic E-state index is 11.2. The van der Waals surface area contributed by atoms with E-state index in [4.69, 9.17) is 0 Å². The number of anilines is 1. The van der Waals surface area contributed by atoms with Gasteiger partial charge in [0.05, 0.1) is 4.92 Å². The van der Waals surface area contributed by atoms with Gasteiger partial charge >= 0.3 is 0 Å². The summed E-state index contributed by atoms with van der Waals surface area (Å²) in [6, 6.07) is 4.68. The lowest BCUT2D eigenvalue weighted by molar-refractivity contribution is -0.384. The molecule has 1 fully saturated rings. The van der Waals surface area contributed by atoms with Crippen LogP contribution < -0.4 is 4.90 Å². The van der Waals surface area contributed by atoms with E-state index in [2.05, 4.69) is 25.7 Å². The smallest absolute Gasteiger partial charge is 0.293 e. The molecular formula is C15H20N2O3. The summed E-state index contributed by atoms with van der Waals surface area (Å²) < 4.78 is 0. The molecule has 0 aromatic heterocycles. The average Bonchev–Trinajstić information content (AvgIpc) is 2.87. The van der Waals surface area contributed by atoms with Crippen LogP contribution in [0.2, 0.25) is 0 Å². The van der Waals surface area contributed by atoms with Gasteiger partial charge in [0.2, 0.25) is 0 Å². The molecule has 2 rings (SSSR count). The van der Waals surface area contributed by atoms with E-state index in [9.17, 15) is 14.9 Å². The normalized spacial score (nSPS) is 19.1. The van der Waals surface area contributed by atoms with Gasteiger partial charge in [0.15, 0.2) is 0 Å². The van der Waals surface area contributed by atoms with Crippen molar-refractivity contribution in [1.82, 2.24) is 0 Å². The monoisotopic (exact) mass is 276 g/mol. The fraction of sp³-hybridized carbons (Fsp3) is 0.533. The lowest BCUT2D eigenvalue weighted by Gasteiger charge is -2.27. The Hall–Kier alpha value is -1.91. The van der Waals surface area contributed by atoms with Crippen LogP contribution in [0.5, 0.6) is 0 Å². The quantitative estimate of drug-likeness (QED) is 0.483. The summed E-state index contributed by atoms with van der Waals surface area (Å²) in [5.41, 5.74) is 1.18. The number of nitrogens with zero attached hydrogens (tertiary/aromatic N) is 2. The number of rotatable bonds is 3. The van der Waals surface area contributed by atoms with Crippen molar-refractivity contribution in [2.24, 2.45) is 11.3 Å². The molecule has 0 amide bonds. The van der Waals surface area contributed by atoms with Crippen LogP contribution in [0.4, 0.5) is 11.4 Å². The molecule has 1 aliphatic heterocycles. The van der Waals surface area contributed by atoms with Gasteiger partial charge in [-0.15, -0.1) is 0 Å². The highest BCUT2D eigenvalue weighted by atomic mass is 16.6. The molecule has 1 aromatic rings. The summed E-state index contributed by atoms with van der Waals surface area (Å²) in [4.78, 5) is 23.6. The summed E-state index contributed by atoms with van der Waals surface area (Å²) in [5, 5.41) is 11.2. The topological polar surface area (TPSA) is 63.5 Å². The van der Waals surface area contributed by atoms with Gasteiger partial charge in [-0.2, -0.15) is 0 Å². The minimum Gasteiger partial charge on any atom is -0.366 e. The summed E-state index contributed by atoms with van der Waals surface area (Å²) in [5.74, 6) is 0.521. The van der Waals surface area contributed by atoms with E-state index in [0.717, 1.165) is 19.5 Å². The van der Waals surface area contributed by atoms with Gasteiger partial charge in [-0.3, -0.25) is 14.9 Å². The largest absolute Gasteiger partial charge is 0.366 e. The van der Waals surface area contributed by atoms with E-state index in [1.165, 1.54) is 6.07 Å². The predicted molar refractivity (Wildman–Crippen MR) is 78.3 cm³/mol. The first-order chi connectivity index (χ1) is 9.32.